The van der Waals surface area contributed by atoms with Gasteiger partial charge >= 0.3 is 0 Å². The van der Waals surface area contributed by atoms with Gasteiger partial charge in [-0.2, -0.15) is 4.68 Å². The van der Waals surface area contributed by atoms with Crippen LogP contribution < -0.4 is 15.0 Å². The van der Waals surface area contributed by atoms with Gasteiger partial charge in [0, 0.05) is 26.2 Å². The fourth-order valence-electron chi connectivity index (χ4n) is 3.67. The molecule has 4 rings (SSSR count). The number of nitrogens with one attached hydrogen (secondary N) is 1. The molecule has 33 heavy (non-hydrogen) atoms. The van der Waals surface area contributed by atoms with Gasteiger partial charge in [0.15, 0.2) is 0 Å². The number of rotatable bonds is 8. The first-order chi connectivity index (χ1) is 16.2. The van der Waals surface area contributed by atoms with E-state index in [2.05, 4.69) is 36.6 Å². The van der Waals surface area contributed by atoms with Crippen LogP contribution in [0.25, 0.3) is 5.69 Å². The van der Waals surface area contributed by atoms with Crippen molar-refractivity contribution in [1.82, 2.24) is 25.1 Å². The number of thioether (sulfide) groups is 1. The number of ether oxygens (including phenoxy) is 1. The molecule has 2 heterocycles. The number of anilines is 2. The van der Waals surface area contributed by atoms with Crippen LogP contribution in [-0.2, 0) is 4.79 Å². The molecule has 0 spiro atoms. The molecule has 0 atom stereocenters. The molecule has 1 aromatic heterocycles. The van der Waals surface area contributed by atoms with Crippen LogP contribution in [0.3, 0.4) is 0 Å². The lowest BCUT2D eigenvalue weighted by Crippen LogP contribution is -2.46. The third kappa shape index (κ3) is 5.45. The Labute approximate surface area is 197 Å². The standard InChI is InChI=1S/C23H25N7O2S/c1-3-12-28-13-15-29(16-14-28)19-9-5-4-8-18(19)24-22(31)17-33-23-25-26-27-30(23)20-10-6-7-11-21(20)32-2/h1,4-11H,12-17H2,2H3,(H,24,31). The molecule has 1 N–H and O–H groups in total. The molecule has 1 aliphatic rings. The molecule has 3 aromatic rings. The third-order valence-electron chi connectivity index (χ3n) is 5.29. The van der Waals surface area contributed by atoms with Crippen molar-refractivity contribution in [2.24, 2.45) is 0 Å². The highest BCUT2D eigenvalue weighted by Crippen LogP contribution is 2.28. The lowest BCUT2D eigenvalue weighted by atomic mass is 10.2. The summed E-state index contributed by atoms with van der Waals surface area (Å²) in [6, 6.07) is 15.3. The number of terminal acetylenes is 1. The fraction of sp³-hybridized carbons (Fsp3) is 0.304. The largest absolute Gasteiger partial charge is 0.494 e. The number of piperazine rings is 1. The van der Waals surface area contributed by atoms with E-state index in [0.29, 0.717) is 23.1 Å². The summed E-state index contributed by atoms with van der Waals surface area (Å²) < 4.78 is 6.97. The second kappa shape index (κ2) is 10.8. The van der Waals surface area contributed by atoms with Crippen molar-refractivity contribution in [3.63, 3.8) is 0 Å². The second-order valence-electron chi connectivity index (χ2n) is 7.37. The van der Waals surface area contributed by atoms with Crippen LogP contribution in [-0.4, -0.2) is 76.6 Å². The van der Waals surface area contributed by atoms with Gasteiger partial charge in [-0.1, -0.05) is 41.9 Å². The van der Waals surface area contributed by atoms with Crippen LogP contribution in [0.4, 0.5) is 11.4 Å². The predicted octanol–water partition coefficient (Wildman–Crippen LogP) is 2.16. The van der Waals surface area contributed by atoms with Crippen LogP contribution in [0, 0.1) is 12.3 Å². The highest BCUT2D eigenvalue weighted by Gasteiger charge is 2.20. The topological polar surface area (TPSA) is 88.4 Å². The van der Waals surface area contributed by atoms with E-state index in [4.69, 9.17) is 11.2 Å². The van der Waals surface area contributed by atoms with E-state index in [1.54, 1.807) is 11.8 Å². The van der Waals surface area contributed by atoms with Gasteiger partial charge in [0.2, 0.25) is 11.1 Å². The number of amides is 1. The van der Waals surface area contributed by atoms with E-state index in [9.17, 15) is 4.79 Å². The fourth-order valence-corrected chi connectivity index (χ4v) is 4.36. The van der Waals surface area contributed by atoms with Crippen molar-refractivity contribution < 1.29 is 9.53 Å². The number of hydrogen-bond acceptors (Lipinski definition) is 8. The Morgan fingerprint density at radius 1 is 1.12 bits per heavy atom. The number of hydrogen-bond donors (Lipinski definition) is 1. The molecule has 0 aliphatic carbocycles. The first-order valence-corrected chi connectivity index (χ1v) is 11.5. The predicted molar refractivity (Wildman–Crippen MR) is 129 cm³/mol. The van der Waals surface area contributed by atoms with Gasteiger partial charge in [0.25, 0.3) is 0 Å². The molecule has 0 bridgehead atoms. The molecule has 9 nitrogen and oxygen atoms in total. The van der Waals surface area contributed by atoms with Crippen LogP contribution in [0.2, 0.25) is 0 Å². The van der Waals surface area contributed by atoms with Crippen LogP contribution in [0.5, 0.6) is 5.75 Å². The molecule has 10 heteroatoms. The Morgan fingerprint density at radius 2 is 1.85 bits per heavy atom. The Hall–Kier alpha value is -3.55. The summed E-state index contributed by atoms with van der Waals surface area (Å²) in [5.41, 5.74) is 2.51. The van der Waals surface area contributed by atoms with Gasteiger partial charge in [0.05, 0.1) is 30.8 Å². The van der Waals surface area contributed by atoms with E-state index in [-0.39, 0.29) is 11.7 Å². The number of carbonyl (C=O) groups excluding carboxylic acids is 1. The zero-order chi connectivity index (χ0) is 23.0. The van der Waals surface area contributed by atoms with Crippen LogP contribution in [0.15, 0.2) is 53.7 Å². The van der Waals surface area contributed by atoms with E-state index >= 15 is 0 Å². The highest BCUT2D eigenvalue weighted by molar-refractivity contribution is 7.99. The number of carbonyl (C=O) groups is 1. The number of tetrazole rings is 1. The summed E-state index contributed by atoms with van der Waals surface area (Å²) in [6.45, 7) is 4.17. The molecule has 2 aromatic carbocycles. The van der Waals surface area contributed by atoms with Crippen molar-refractivity contribution in [2.75, 3.05) is 55.8 Å². The molecular formula is C23H25N7O2S. The number of benzene rings is 2. The van der Waals surface area contributed by atoms with Crippen molar-refractivity contribution in [3.8, 4) is 23.8 Å². The number of methoxy groups -OCH3 is 1. The van der Waals surface area contributed by atoms with Crippen LogP contribution >= 0.6 is 11.8 Å². The summed E-state index contributed by atoms with van der Waals surface area (Å²) in [5.74, 6) is 3.38. The van der Waals surface area contributed by atoms with Crippen LogP contribution in [0.1, 0.15) is 0 Å². The second-order valence-corrected chi connectivity index (χ2v) is 8.31. The SMILES string of the molecule is C#CCN1CCN(c2ccccc2NC(=O)CSc2nnnn2-c2ccccc2OC)CC1. The van der Waals surface area contributed by atoms with E-state index in [0.717, 1.165) is 37.6 Å². The highest BCUT2D eigenvalue weighted by atomic mass is 32.2. The number of para-hydroxylation sites is 4. The summed E-state index contributed by atoms with van der Waals surface area (Å²) in [4.78, 5) is 17.3. The monoisotopic (exact) mass is 463 g/mol. The average Bonchev–Trinajstić information content (AvgIpc) is 3.32. The van der Waals surface area contributed by atoms with E-state index in [1.807, 2.05) is 48.5 Å². The first kappa shape index (κ1) is 22.6. The van der Waals surface area contributed by atoms with Gasteiger partial charge in [-0.3, -0.25) is 9.69 Å². The number of aromatic nitrogens is 4. The lowest BCUT2D eigenvalue weighted by Gasteiger charge is -2.36. The van der Waals surface area contributed by atoms with Gasteiger partial charge in [-0.25, -0.2) is 0 Å². The lowest BCUT2D eigenvalue weighted by molar-refractivity contribution is -0.113. The molecule has 1 saturated heterocycles. The van der Waals surface area contributed by atoms with Gasteiger partial charge in [-0.15, -0.1) is 11.5 Å². The Balaban J connectivity index is 1.40. The minimum absolute atomic E-state index is 0.131. The van der Waals surface area contributed by atoms with Crippen molar-refractivity contribution >= 4 is 29.0 Å². The van der Waals surface area contributed by atoms with Gasteiger partial charge in [0.1, 0.15) is 11.4 Å². The molecule has 0 unspecified atom stereocenters. The van der Waals surface area contributed by atoms with E-state index < -0.39 is 0 Å². The summed E-state index contributed by atoms with van der Waals surface area (Å²) >= 11 is 1.26. The maximum absolute atomic E-state index is 12.8. The molecule has 1 fully saturated rings. The Kier molecular flexibility index (Phi) is 7.44. The quantitative estimate of drug-likeness (QED) is 0.402. The van der Waals surface area contributed by atoms with Gasteiger partial charge < -0.3 is 15.0 Å². The average molecular weight is 464 g/mol. The molecule has 0 radical (unpaired) electrons. The normalized spacial score (nSPS) is 14.0. The molecular weight excluding hydrogens is 438 g/mol. The van der Waals surface area contributed by atoms with Gasteiger partial charge in [-0.05, 0) is 34.7 Å². The summed E-state index contributed by atoms with van der Waals surface area (Å²) in [5, 5.41) is 15.4. The third-order valence-corrected chi connectivity index (χ3v) is 6.21. The number of nitrogens with zero attached hydrogens (tertiary/aromatic N) is 6. The smallest absolute Gasteiger partial charge is 0.234 e. The Morgan fingerprint density at radius 3 is 2.61 bits per heavy atom. The summed E-state index contributed by atoms with van der Waals surface area (Å²) in [6.07, 6.45) is 5.43. The maximum atomic E-state index is 12.8. The molecule has 1 amide bonds. The van der Waals surface area contributed by atoms with Crippen molar-refractivity contribution in [3.05, 3.63) is 48.5 Å². The maximum Gasteiger partial charge on any atom is 0.234 e. The molecule has 0 saturated carbocycles. The molecule has 170 valence electrons. The van der Waals surface area contributed by atoms with Crippen molar-refractivity contribution in [1.29, 1.82) is 0 Å². The summed E-state index contributed by atoms with van der Waals surface area (Å²) in [7, 11) is 1.59. The first-order valence-electron chi connectivity index (χ1n) is 10.5. The molecule has 1 aliphatic heterocycles. The minimum Gasteiger partial charge on any atom is -0.494 e. The van der Waals surface area contributed by atoms with E-state index in [1.165, 1.54) is 11.8 Å². The van der Waals surface area contributed by atoms with Crippen molar-refractivity contribution in [2.45, 2.75) is 5.16 Å². The Bertz CT molecular complexity index is 1140. The minimum atomic E-state index is -0.131. The zero-order valence-corrected chi connectivity index (χ0v) is 19.2. The zero-order valence-electron chi connectivity index (χ0n) is 18.3.